The molecular formula is C32H61NO16. The highest BCUT2D eigenvalue weighted by Crippen LogP contribution is 2.33. The smallest absolute Gasteiger partial charge is 0.217 e. The van der Waals surface area contributed by atoms with E-state index in [4.69, 9.17) is 28.4 Å². The van der Waals surface area contributed by atoms with Crippen molar-refractivity contribution in [2.24, 2.45) is 10.8 Å². The summed E-state index contributed by atoms with van der Waals surface area (Å²) in [6.07, 6.45) is -6.38. The molecule has 2 aliphatic rings. The molecule has 10 atom stereocenters. The van der Waals surface area contributed by atoms with E-state index in [1.54, 1.807) is 0 Å². The van der Waals surface area contributed by atoms with Crippen LogP contribution in [-0.4, -0.2) is 179 Å². The molecule has 0 radical (unpaired) electrons. The first-order chi connectivity index (χ1) is 23.4. The van der Waals surface area contributed by atoms with Crippen LogP contribution >= 0.6 is 0 Å². The predicted molar refractivity (Wildman–Crippen MR) is 171 cm³/mol. The van der Waals surface area contributed by atoms with E-state index in [2.05, 4.69) is 12.2 Å². The highest BCUT2D eigenvalue weighted by molar-refractivity contribution is 5.73. The summed E-state index contributed by atoms with van der Waals surface area (Å²) in [5, 5.41) is 93.7. The summed E-state index contributed by atoms with van der Waals surface area (Å²) in [5.41, 5.74) is -2.90. The van der Waals surface area contributed by atoms with Crippen LogP contribution in [0.5, 0.6) is 0 Å². The molecule has 17 nitrogen and oxygen atoms in total. The van der Waals surface area contributed by atoms with Crippen LogP contribution in [-0.2, 0) is 33.2 Å². The van der Waals surface area contributed by atoms with E-state index in [0.29, 0.717) is 6.42 Å². The molecule has 49 heavy (non-hydrogen) atoms. The second-order valence-corrected chi connectivity index (χ2v) is 13.4. The number of carbonyl (C=O) groups is 1. The van der Waals surface area contributed by atoms with Gasteiger partial charge in [0.2, 0.25) is 5.91 Å². The molecule has 0 aromatic heterocycles. The predicted octanol–water partition coefficient (Wildman–Crippen LogP) is -2.87. The third-order valence-corrected chi connectivity index (χ3v) is 9.18. The zero-order chi connectivity index (χ0) is 36.6. The number of carbonyl (C=O) groups excluding carboxylic acids is 1. The lowest BCUT2D eigenvalue weighted by atomic mass is 9.91. The van der Waals surface area contributed by atoms with Crippen LogP contribution in [0.3, 0.4) is 0 Å². The van der Waals surface area contributed by atoms with Crippen LogP contribution in [0.1, 0.15) is 59.3 Å². The Hall–Kier alpha value is -1.13. The molecule has 0 saturated carbocycles. The van der Waals surface area contributed by atoms with Crippen molar-refractivity contribution in [1.29, 1.82) is 0 Å². The van der Waals surface area contributed by atoms with E-state index in [9.17, 15) is 50.8 Å². The molecule has 2 heterocycles. The van der Waals surface area contributed by atoms with Gasteiger partial charge in [0, 0.05) is 13.5 Å². The standard InChI is InChI=1S/C32H61NO16/c1-4-5-6-7-8-9-10-45-29-23(33-21(3)40)28(49-30-26(43)25(42)24(41)20(2)47-30)27(46-19-32(15-37,16-38)17-39)22(48-29)11-44-18-31(12-34,13-35)14-36/h20,22-30,34-39,41-43H,4-19H2,1-3H3,(H,33,40)/t20-,22+,23+,24+,25+,26-,27+,28+,29-,30-/m0/s1. The van der Waals surface area contributed by atoms with Crippen LogP contribution < -0.4 is 5.32 Å². The maximum Gasteiger partial charge on any atom is 0.217 e. The van der Waals surface area contributed by atoms with Gasteiger partial charge in [-0.15, -0.1) is 0 Å². The number of nitrogens with one attached hydrogen (secondary N) is 1. The van der Waals surface area contributed by atoms with Crippen LogP contribution in [0, 0.1) is 10.8 Å². The summed E-state index contributed by atoms with van der Waals surface area (Å²) < 4.78 is 36.4. The van der Waals surface area contributed by atoms with Crippen molar-refractivity contribution >= 4 is 5.91 Å². The maximum absolute atomic E-state index is 12.5. The van der Waals surface area contributed by atoms with Gasteiger partial charge in [-0.25, -0.2) is 0 Å². The van der Waals surface area contributed by atoms with Crippen molar-refractivity contribution in [3.63, 3.8) is 0 Å². The molecule has 0 aromatic rings. The molecule has 0 bridgehead atoms. The molecule has 0 unspecified atom stereocenters. The van der Waals surface area contributed by atoms with Gasteiger partial charge in [0.1, 0.15) is 42.7 Å². The van der Waals surface area contributed by atoms with Crippen molar-refractivity contribution in [2.75, 3.05) is 66.1 Å². The van der Waals surface area contributed by atoms with Crippen LogP contribution in [0.2, 0.25) is 0 Å². The average Bonchev–Trinajstić information content (AvgIpc) is 3.10. The number of aliphatic hydroxyl groups is 9. The summed E-state index contributed by atoms with van der Waals surface area (Å²) >= 11 is 0. The minimum Gasteiger partial charge on any atom is -0.396 e. The zero-order valence-corrected chi connectivity index (χ0v) is 29.0. The Labute approximate surface area is 288 Å². The Balaban J connectivity index is 2.51. The Kier molecular flexibility index (Phi) is 19.8. The number of amides is 1. The van der Waals surface area contributed by atoms with E-state index in [1.807, 2.05) is 0 Å². The SMILES string of the molecule is CCCCCCCCO[C@H]1O[C@H](COCC(CO)(CO)CO)[C@@H](OCC(CO)(CO)CO)[C@H](O[C@@H]2O[C@@H](C)[C@@H](O)[C@@H](O)[C@@H]2O)[C@H]1NC(C)=O. The van der Waals surface area contributed by atoms with Crippen LogP contribution in [0.25, 0.3) is 0 Å². The van der Waals surface area contributed by atoms with Crippen LogP contribution in [0.4, 0.5) is 0 Å². The summed E-state index contributed by atoms with van der Waals surface area (Å²) in [6, 6.07) is -1.13. The summed E-state index contributed by atoms with van der Waals surface area (Å²) in [5.74, 6) is -0.508. The third kappa shape index (κ3) is 12.5. The third-order valence-electron chi connectivity index (χ3n) is 9.18. The topological polar surface area (TPSA) is 267 Å². The van der Waals surface area contributed by atoms with Gasteiger partial charge >= 0.3 is 0 Å². The number of unbranched alkanes of at least 4 members (excludes halogenated alkanes) is 5. The number of hydrogen-bond acceptors (Lipinski definition) is 16. The lowest BCUT2D eigenvalue weighted by molar-refractivity contribution is -0.347. The summed E-state index contributed by atoms with van der Waals surface area (Å²) in [7, 11) is 0. The van der Waals surface area contributed by atoms with E-state index < -0.39 is 124 Å². The molecule has 10 N–H and O–H groups in total. The molecule has 0 spiro atoms. The number of hydrogen-bond donors (Lipinski definition) is 10. The fraction of sp³-hybridized carbons (Fsp3) is 0.969. The highest BCUT2D eigenvalue weighted by atomic mass is 16.7. The van der Waals surface area contributed by atoms with Crippen LogP contribution in [0.15, 0.2) is 0 Å². The normalized spacial score (nSPS) is 31.2. The van der Waals surface area contributed by atoms with Crippen molar-refractivity contribution in [1.82, 2.24) is 5.32 Å². The lowest BCUT2D eigenvalue weighted by Gasteiger charge is -2.49. The molecular weight excluding hydrogens is 654 g/mol. The summed E-state index contributed by atoms with van der Waals surface area (Å²) in [4.78, 5) is 12.5. The van der Waals surface area contributed by atoms with Gasteiger partial charge in [0.15, 0.2) is 12.6 Å². The van der Waals surface area contributed by atoms with Gasteiger partial charge < -0.3 is 79.7 Å². The van der Waals surface area contributed by atoms with Gasteiger partial charge in [-0.05, 0) is 13.3 Å². The Morgan fingerprint density at radius 2 is 1.29 bits per heavy atom. The van der Waals surface area contributed by atoms with Gasteiger partial charge in [-0.2, -0.15) is 0 Å². The quantitative estimate of drug-likeness (QED) is 0.0450. The molecule has 290 valence electrons. The number of aliphatic hydroxyl groups excluding tert-OH is 9. The minimum absolute atomic E-state index is 0.231. The van der Waals surface area contributed by atoms with Crippen molar-refractivity contribution in [2.45, 2.75) is 121 Å². The van der Waals surface area contributed by atoms with Gasteiger partial charge in [0.25, 0.3) is 0 Å². The highest BCUT2D eigenvalue weighted by Gasteiger charge is 2.53. The monoisotopic (exact) mass is 715 g/mol. The van der Waals surface area contributed by atoms with Crippen molar-refractivity contribution in [3.8, 4) is 0 Å². The molecule has 2 aliphatic heterocycles. The molecule has 2 rings (SSSR count). The van der Waals surface area contributed by atoms with Gasteiger partial charge in [-0.1, -0.05) is 39.0 Å². The Bertz CT molecular complexity index is 892. The average molecular weight is 716 g/mol. The van der Waals surface area contributed by atoms with Gasteiger partial charge in [0.05, 0.1) is 76.4 Å². The lowest BCUT2D eigenvalue weighted by Crippen LogP contribution is -2.68. The van der Waals surface area contributed by atoms with E-state index in [-0.39, 0.29) is 19.8 Å². The Morgan fingerprint density at radius 1 is 0.714 bits per heavy atom. The maximum atomic E-state index is 12.5. The first-order valence-corrected chi connectivity index (χ1v) is 17.1. The largest absolute Gasteiger partial charge is 0.396 e. The molecule has 0 aromatic carbocycles. The second-order valence-electron chi connectivity index (χ2n) is 13.4. The molecule has 2 saturated heterocycles. The zero-order valence-electron chi connectivity index (χ0n) is 29.0. The first kappa shape index (κ1) is 44.0. The molecule has 1 amide bonds. The molecule has 17 heteroatoms. The van der Waals surface area contributed by atoms with E-state index in [1.165, 1.54) is 13.8 Å². The van der Waals surface area contributed by atoms with Crippen molar-refractivity contribution in [3.05, 3.63) is 0 Å². The Morgan fingerprint density at radius 3 is 1.86 bits per heavy atom. The molecule has 2 fully saturated rings. The number of rotatable bonds is 24. The number of ether oxygens (including phenoxy) is 6. The van der Waals surface area contributed by atoms with E-state index >= 15 is 0 Å². The fourth-order valence-electron chi connectivity index (χ4n) is 5.53. The van der Waals surface area contributed by atoms with Gasteiger partial charge in [-0.3, -0.25) is 4.79 Å². The fourth-order valence-corrected chi connectivity index (χ4v) is 5.53. The minimum atomic E-state index is -1.74. The van der Waals surface area contributed by atoms with E-state index in [0.717, 1.165) is 32.1 Å². The first-order valence-electron chi connectivity index (χ1n) is 17.1. The summed E-state index contributed by atoms with van der Waals surface area (Å²) in [6.45, 7) is 0.209. The van der Waals surface area contributed by atoms with Crippen molar-refractivity contribution < 1.29 is 79.2 Å². The molecule has 0 aliphatic carbocycles. The second kappa shape index (κ2) is 22.1.